The van der Waals surface area contributed by atoms with Crippen LogP contribution in [0.15, 0.2) is 28.7 Å². The van der Waals surface area contributed by atoms with E-state index in [0.29, 0.717) is 5.92 Å². The van der Waals surface area contributed by atoms with Crippen LogP contribution in [0.1, 0.15) is 19.4 Å². The van der Waals surface area contributed by atoms with Gasteiger partial charge in [-0.15, -0.1) is 11.8 Å². The molecule has 1 atom stereocenters. The predicted octanol–water partition coefficient (Wildman–Crippen LogP) is 3.65. The number of halogens is 1. The minimum absolute atomic E-state index is 0.434. The molecule has 1 heteroatoms. The standard InChI is InChI=1S/C12H13Br/c1-3-6-10(2)9-11-7-4-5-8-12(11)13/h4-5,7-8,10H,9H2,1-2H3. The van der Waals surface area contributed by atoms with E-state index in [4.69, 9.17) is 0 Å². The van der Waals surface area contributed by atoms with Gasteiger partial charge in [-0.05, 0) is 25.0 Å². The molecule has 0 aromatic heterocycles. The third-order valence-electron chi connectivity index (χ3n) is 1.87. The molecular formula is C12H13Br. The largest absolute Gasteiger partial charge is 0.106 e. The average Bonchev–Trinajstić information content (AvgIpc) is 2.09. The molecule has 0 fully saturated rings. The normalized spacial score (nSPS) is 11.6. The Balaban J connectivity index is 2.72. The van der Waals surface area contributed by atoms with Crippen molar-refractivity contribution in [1.29, 1.82) is 0 Å². The molecule has 13 heavy (non-hydrogen) atoms. The Hall–Kier alpha value is -0.740. The van der Waals surface area contributed by atoms with Crippen LogP contribution in [0.2, 0.25) is 0 Å². The van der Waals surface area contributed by atoms with E-state index in [9.17, 15) is 0 Å². The molecule has 68 valence electrons. The van der Waals surface area contributed by atoms with Crippen LogP contribution in [-0.2, 0) is 6.42 Å². The smallest absolute Gasteiger partial charge is 0.0215 e. The Morgan fingerprint density at radius 3 is 2.69 bits per heavy atom. The summed E-state index contributed by atoms with van der Waals surface area (Å²) in [5.41, 5.74) is 1.33. The van der Waals surface area contributed by atoms with E-state index in [1.54, 1.807) is 0 Å². The van der Waals surface area contributed by atoms with Gasteiger partial charge in [0.15, 0.2) is 0 Å². The van der Waals surface area contributed by atoms with Crippen LogP contribution in [0.3, 0.4) is 0 Å². The highest BCUT2D eigenvalue weighted by atomic mass is 79.9. The van der Waals surface area contributed by atoms with Gasteiger partial charge in [0.05, 0.1) is 0 Å². The highest BCUT2D eigenvalue weighted by Gasteiger charge is 2.02. The summed E-state index contributed by atoms with van der Waals surface area (Å²) in [6, 6.07) is 8.30. The van der Waals surface area contributed by atoms with Gasteiger partial charge in [-0.3, -0.25) is 0 Å². The van der Waals surface area contributed by atoms with Crippen molar-refractivity contribution in [3.63, 3.8) is 0 Å². The van der Waals surface area contributed by atoms with E-state index in [1.165, 1.54) is 10.0 Å². The first-order chi connectivity index (χ1) is 6.24. The van der Waals surface area contributed by atoms with Crippen LogP contribution >= 0.6 is 15.9 Å². The third-order valence-corrected chi connectivity index (χ3v) is 2.65. The fraction of sp³-hybridized carbons (Fsp3) is 0.333. The first-order valence-corrected chi connectivity index (χ1v) is 5.19. The minimum atomic E-state index is 0.434. The van der Waals surface area contributed by atoms with Crippen LogP contribution in [0.4, 0.5) is 0 Å². The monoisotopic (exact) mass is 236 g/mol. The summed E-state index contributed by atoms with van der Waals surface area (Å²) in [6.45, 7) is 4.03. The molecule has 0 bridgehead atoms. The van der Waals surface area contributed by atoms with E-state index >= 15 is 0 Å². The molecule has 0 heterocycles. The Labute approximate surface area is 88.5 Å². The molecule has 0 saturated heterocycles. The molecule has 0 aliphatic rings. The second-order valence-corrected chi connectivity index (χ2v) is 3.95. The van der Waals surface area contributed by atoms with Crippen LogP contribution in [0, 0.1) is 17.8 Å². The van der Waals surface area contributed by atoms with Crippen molar-refractivity contribution < 1.29 is 0 Å². The highest BCUT2D eigenvalue weighted by molar-refractivity contribution is 9.10. The van der Waals surface area contributed by atoms with Crippen molar-refractivity contribution in [2.45, 2.75) is 20.3 Å². The van der Waals surface area contributed by atoms with Crippen LogP contribution in [-0.4, -0.2) is 0 Å². The van der Waals surface area contributed by atoms with Crippen molar-refractivity contribution >= 4 is 15.9 Å². The first-order valence-electron chi connectivity index (χ1n) is 4.39. The van der Waals surface area contributed by atoms with Gasteiger partial charge in [-0.25, -0.2) is 0 Å². The van der Waals surface area contributed by atoms with Crippen molar-refractivity contribution in [3.8, 4) is 11.8 Å². The van der Waals surface area contributed by atoms with Crippen LogP contribution in [0.5, 0.6) is 0 Å². The summed E-state index contributed by atoms with van der Waals surface area (Å²) < 4.78 is 1.18. The summed E-state index contributed by atoms with van der Waals surface area (Å²) in [6.07, 6.45) is 1.02. The predicted molar refractivity (Wildman–Crippen MR) is 60.5 cm³/mol. The molecular weight excluding hydrogens is 224 g/mol. The lowest BCUT2D eigenvalue weighted by Crippen LogP contribution is -1.96. The second kappa shape index (κ2) is 5.09. The molecule has 0 saturated carbocycles. The zero-order valence-electron chi connectivity index (χ0n) is 7.97. The van der Waals surface area contributed by atoms with Gasteiger partial charge in [0.1, 0.15) is 0 Å². The lowest BCUT2D eigenvalue weighted by atomic mass is 10.0. The molecule has 0 nitrogen and oxygen atoms in total. The Morgan fingerprint density at radius 1 is 1.38 bits per heavy atom. The minimum Gasteiger partial charge on any atom is -0.106 e. The van der Waals surface area contributed by atoms with E-state index in [0.717, 1.165) is 6.42 Å². The van der Waals surface area contributed by atoms with Gasteiger partial charge in [0.25, 0.3) is 0 Å². The summed E-state index contributed by atoms with van der Waals surface area (Å²) in [5.74, 6) is 6.53. The van der Waals surface area contributed by atoms with Gasteiger partial charge in [-0.1, -0.05) is 41.1 Å². The quantitative estimate of drug-likeness (QED) is 0.688. The maximum Gasteiger partial charge on any atom is 0.0215 e. The van der Waals surface area contributed by atoms with Crippen LogP contribution < -0.4 is 0 Å². The molecule has 0 spiro atoms. The number of hydrogen-bond donors (Lipinski definition) is 0. The van der Waals surface area contributed by atoms with E-state index in [2.05, 4.69) is 52.9 Å². The zero-order valence-corrected chi connectivity index (χ0v) is 9.56. The lowest BCUT2D eigenvalue weighted by molar-refractivity contribution is 0.747. The number of hydrogen-bond acceptors (Lipinski definition) is 0. The molecule has 1 aromatic rings. The lowest BCUT2D eigenvalue weighted by Gasteiger charge is -2.05. The zero-order chi connectivity index (χ0) is 9.68. The van der Waals surface area contributed by atoms with E-state index in [-0.39, 0.29) is 0 Å². The Kier molecular flexibility index (Phi) is 4.05. The van der Waals surface area contributed by atoms with Gasteiger partial charge in [-0.2, -0.15) is 0 Å². The van der Waals surface area contributed by atoms with Gasteiger partial charge >= 0.3 is 0 Å². The topological polar surface area (TPSA) is 0 Å². The molecule has 1 aromatic carbocycles. The fourth-order valence-electron chi connectivity index (χ4n) is 1.29. The fourth-order valence-corrected chi connectivity index (χ4v) is 1.74. The van der Waals surface area contributed by atoms with Crippen LogP contribution in [0.25, 0.3) is 0 Å². The summed E-state index contributed by atoms with van der Waals surface area (Å²) in [7, 11) is 0. The molecule has 0 amide bonds. The van der Waals surface area contributed by atoms with Crippen molar-refractivity contribution in [2.24, 2.45) is 5.92 Å². The number of benzene rings is 1. The Morgan fingerprint density at radius 2 is 2.08 bits per heavy atom. The maximum atomic E-state index is 3.53. The molecule has 0 radical (unpaired) electrons. The van der Waals surface area contributed by atoms with Gasteiger partial charge in [0, 0.05) is 10.4 Å². The average molecular weight is 237 g/mol. The van der Waals surface area contributed by atoms with E-state index < -0.39 is 0 Å². The summed E-state index contributed by atoms with van der Waals surface area (Å²) in [4.78, 5) is 0. The summed E-state index contributed by atoms with van der Waals surface area (Å²) in [5, 5.41) is 0. The molecule has 1 unspecified atom stereocenters. The first kappa shape index (κ1) is 10.3. The Bertz CT molecular complexity index is 330. The highest BCUT2D eigenvalue weighted by Crippen LogP contribution is 2.18. The van der Waals surface area contributed by atoms with E-state index in [1.807, 2.05) is 13.0 Å². The van der Waals surface area contributed by atoms with Gasteiger partial charge < -0.3 is 0 Å². The second-order valence-electron chi connectivity index (χ2n) is 3.09. The molecule has 1 rings (SSSR count). The summed E-state index contributed by atoms with van der Waals surface area (Å²) >= 11 is 3.53. The van der Waals surface area contributed by atoms with Crippen molar-refractivity contribution in [1.82, 2.24) is 0 Å². The molecule has 0 N–H and O–H groups in total. The SMILES string of the molecule is CC#CC(C)Cc1ccccc1Br. The maximum absolute atomic E-state index is 3.53. The van der Waals surface area contributed by atoms with Crippen molar-refractivity contribution in [2.75, 3.05) is 0 Å². The van der Waals surface area contributed by atoms with Gasteiger partial charge in [0.2, 0.25) is 0 Å². The number of rotatable bonds is 2. The third kappa shape index (κ3) is 3.24. The molecule has 0 aliphatic heterocycles. The molecule has 0 aliphatic carbocycles. The van der Waals surface area contributed by atoms with Crippen molar-refractivity contribution in [3.05, 3.63) is 34.3 Å².